The molecule has 0 saturated carbocycles. The van der Waals surface area contributed by atoms with Gasteiger partial charge in [-0.05, 0) is 44.2 Å². The zero-order chi connectivity index (χ0) is 18.0. The molecule has 2 saturated heterocycles. The van der Waals surface area contributed by atoms with Crippen LogP contribution in [-0.2, 0) is 11.3 Å². The summed E-state index contributed by atoms with van der Waals surface area (Å²) in [7, 11) is 0. The van der Waals surface area contributed by atoms with E-state index in [-0.39, 0.29) is 0 Å². The third-order valence-corrected chi connectivity index (χ3v) is 5.02. The molecule has 0 spiro atoms. The minimum absolute atomic E-state index is 0.313. The number of aliphatic imine (C=N–C) groups is 1. The molecule has 144 valence electrons. The molecule has 1 unspecified atom stereocenters. The molecule has 2 fully saturated rings. The van der Waals surface area contributed by atoms with Gasteiger partial charge in [-0.3, -0.25) is 0 Å². The molecule has 6 heteroatoms. The van der Waals surface area contributed by atoms with Crippen LogP contribution in [0, 0.1) is 0 Å². The minimum Gasteiger partial charge on any atom is -0.376 e. The van der Waals surface area contributed by atoms with E-state index < -0.39 is 0 Å². The number of hydrogen-bond acceptors (Lipinski definition) is 4. The third-order valence-electron chi connectivity index (χ3n) is 5.02. The predicted octanol–water partition coefficient (Wildman–Crippen LogP) is 2.70. The minimum atomic E-state index is 0.313. The number of nitrogens with one attached hydrogen (secondary N) is 2. The van der Waals surface area contributed by atoms with Gasteiger partial charge in [0.05, 0.1) is 12.6 Å². The van der Waals surface area contributed by atoms with E-state index >= 15 is 0 Å². The number of aromatic nitrogens is 1. The maximum atomic E-state index is 5.66. The largest absolute Gasteiger partial charge is 0.376 e. The maximum Gasteiger partial charge on any atom is 0.191 e. The number of guanidine groups is 1. The lowest BCUT2D eigenvalue weighted by Gasteiger charge is -2.21. The normalized spacial score (nSPS) is 21.5. The molecular weight excluding hydrogens is 326 g/mol. The van der Waals surface area contributed by atoms with Crippen LogP contribution in [0.3, 0.4) is 0 Å². The molecule has 0 aliphatic carbocycles. The highest BCUT2D eigenvalue weighted by Gasteiger charge is 2.15. The van der Waals surface area contributed by atoms with Crippen molar-refractivity contribution in [2.24, 2.45) is 4.99 Å². The van der Waals surface area contributed by atoms with Gasteiger partial charge in [-0.1, -0.05) is 18.9 Å². The lowest BCUT2D eigenvalue weighted by atomic mass is 10.2. The Balaban J connectivity index is 1.52. The van der Waals surface area contributed by atoms with Crippen molar-refractivity contribution >= 4 is 11.8 Å². The van der Waals surface area contributed by atoms with Gasteiger partial charge in [0, 0.05) is 39.0 Å². The molecule has 1 aromatic rings. The molecule has 2 aliphatic rings. The second-order valence-electron chi connectivity index (χ2n) is 7.14. The van der Waals surface area contributed by atoms with Gasteiger partial charge in [-0.2, -0.15) is 0 Å². The summed E-state index contributed by atoms with van der Waals surface area (Å²) in [5, 5.41) is 6.69. The van der Waals surface area contributed by atoms with Crippen molar-refractivity contribution < 1.29 is 4.74 Å². The highest BCUT2D eigenvalue weighted by atomic mass is 16.5. The first-order valence-corrected chi connectivity index (χ1v) is 10.2. The van der Waals surface area contributed by atoms with Crippen LogP contribution < -0.4 is 15.5 Å². The van der Waals surface area contributed by atoms with E-state index in [4.69, 9.17) is 4.74 Å². The van der Waals surface area contributed by atoms with E-state index in [1.165, 1.54) is 25.7 Å². The van der Waals surface area contributed by atoms with E-state index in [2.05, 4.69) is 44.6 Å². The van der Waals surface area contributed by atoms with Crippen LogP contribution in [0.1, 0.15) is 51.0 Å². The predicted molar refractivity (Wildman–Crippen MR) is 107 cm³/mol. The van der Waals surface area contributed by atoms with Crippen LogP contribution in [0.5, 0.6) is 0 Å². The summed E-state index contributed by atoms with van der Waals surface area (Å²) in [6.07, 6.45) is 9.81. The number of ether oxygens (including phenoxy) is 1. The van der Waals surface area contributed by atoms with E-state index in [0.29, 0.717) is 12.6 Å². The molecule has 0 radical (unpaired) electrons. The van der Waals surface area contributed by atoms with Crippen molar-refractivity contribution in [1.82, 2.24) is 15.6 Å². The third kappa shape index (κ3) is 5.87. The summed E-state index contributed by atoms with van der Waals surface area (Å²) in [4.78, 5) is 11.8. The van der Waals surface area contributed by atoms with Crippen molar-refractivity contribution in [3.8, 4) is 0 Å². The molecule has 3 heterocycles. The van der Waals surface area contributed by atoms with Gasteiger partial charge in [-0.15, -0.1) is 0 Å². The van der Waals surface area contributed by atoms with Crippen LogP contribution in [0.15, 0.2) is 23.3 Å². The van der Waals surface area contributed by atoms with Crippen LogP contribution in [0.4, 0.5) is 5.82 Å². The Hall–Kier alpha value is -1.82. The van der Waals surface area contributed by atoms with Gasteiger partial charge in [-0.25, -0.2) is 9.98 Å². The average molecular weight is 360 g/mol. The van der Waals surface area contributed by atoms with Crippen LogP contribution in [0.2, 0.25) is 0 Å². The second-order valence-corrected chi connectivity index (χ2v) is 7.14. The van der Waals surface area contributed by atoms with Gasteiger partial charge in [0.15, 0.2) is 5.96 Å². The average Bonchev–Trinajstić information content (AvgIpc) is 3.05. The first-order chi connectivity index (χ1) is 12.8. The number of pyridine rings is 1. The topological polar surface area (TPSA) is 61.8 Å². The molecule has 0 bridgehead atoms. The van der Waals surface area contributed by atoms with Crippen LogP contribution in [-0.4, -0.2) is 49.8 Å². The van der Waals surface area contributed by atoms with Crippen LogP contribution in [0.25, 0.3) is 0 Å². The summed E-state index contributed by atoms with van der Waals surface area (Å²) in [5.74, 6) is 1.95. The Kier molecular flexibility index (Phi) is 7.55. The monoisotopic (exact) mass is 359 g/mol. The Morgan fingerprint density at radius 2 is 2.04 bits per heavy atom. The Morgan fingerprint density at radius 3 is 2.69 bits per heavy atom. The summed E-state index contributed by atoms with van der Waals surface area (Å²) in [6.45, 7) is 7.52. The lowest BCUT2D eigenvalue weighted by molar-refractivity contribution is 0.114. The molecule has 0 aromatic carbocycles. The van der Waals surface area contributed by atoms with Gasteiger partial charge in [0.25, 0.3) is 0 Å². The lowest BCUT2D eigenvalue weighted by Crippen LogP contribution is -2.41. The zero-order valence-electron chi connectivity index (χ0n) is 16.0. The molecule has 26 heavy (non-hydrogen) atoms. The first kappa shape index (κ1) is 19.0. The fourth-order valence-corrected chi connectivity index (χ4v) is 3.52. The van der Waals surface area contributed by atoms with E-state index in [9.17, 15) is 0 Å². The SMILES string of the molecule is CCNC(=NCc1ccc(N2CCCCCC2)nc1)NCC1CCCO1. The zero-order valence-corrected chi connectivity index (χ0v) is 16.0. The maximum absolute atomic E-state index is 5.66. The second kappa shape index (κ2) is 10.4. The quantitative estimate of drug-likeness (QED) is 0.604. The van der Waals surface area contributed by atoms with Gasteiger partial charge >= 0.3 is 0 Å². The van der Waals surface area contributed by atoms with Gasteiger partial charge in [0.2, 0.25) is 0 Å². The molecule has 1 aromatic heterocycles. The smallest absolute Gasteiger partial charge is 0.191 e. The molecule has 0 amide bonds. The summed E-state index contributed by atoms with van der Waals surface area (Å²) in [6, 6.07) is 4.29. The first-order valence-electron chi connectivity index (χ1n) is 10.2. The number of rotatable bonds is 6. The molecule has 2 N–H and O–H groups in total. The molecule has 2 aliphatic heterocycles. The number of hydrogen-bond donors (Lipinski definition) is 2. The fraction of sp³-hybridized carbons (Fsp3) is 0.700. The van der Waals surface area contributed by atoms with E-state index in [0.717, 1.165) is 63.0 Å². The Morgan fingerprint density at radius 1 is 1.19 bits per heavy atom. The summed E-state index contributed by atoms with van der Waals surface area (Å²) < 4.78 is 5.66. The van der Waals surface area contributed by atoms with Crippen molar-refractivity contribution in [2.45, 2.75) is 58.1 Å². The van der Waals surface area contributed by atoms with Crippen molar-refractivity contribution in [3.05, 3.63) is 23.9 Å². The van der Waals surface area contributed by atoms with Crippen molar-refractivity contribution in [3.63, 3.8) is 0 Å². The van der Waals surface area contributed by atoms with E-state index in [1.807, 2.05) is 6.20 Å². The highest BCUT2D eigenvalue weighted by molar-refractivity contribution is 5.79. The van der Waals surface area contributed by atoms with Crippen molar-refractivity contribution in [1.29, 1.82) is 0 Å². The number of anilines is 1. The summed E-state index contributed by atoms with van der Waals surface area (Å²) in [5.41, 5.74) is 1.14. The Bertz CT molecular complexity index is 546. The van der Waals surface area contributed by atoms with Crippen LogP contribution >= 0.6 is 0 Å². The molecule has 6 nitrogen and oxygen atoms in total. The number of nitrogens with zero attached hydrogens (tertiary/aromatic N) is 3. The Labute approximate surface area is 157 Å². The standard InChI is InChI=1S/C20H33N5O/c1-2-21-20(24-16-18-8-7-13-26-18)23-15-17-9-10-19(22-14-17)25-11-5-3-4-6-12-25/h9-10,14,18H,2-8,11-13,15-16H2,1H3,(H2,21,23,24). The molecule has 1 atom stereocenters. The fourth-order valence-electron chi connectivity index (χ4n) is 3.52. The molecule has 3 rings (SSSR count). The summed E-state index contributed by atoms with van der Waals surface area (Å²) >= 11 is 0. The van der Waals surface area contributed by atoms with E-state index in [1.54, 1.807) is 0 Å². The van der Waals surface area contributed by atoms with Gasteiger partial charge in [0.1, 0.15) is 5.82 Å². The van der Waals surface area contributed by atoms with Crippen molar-refractivity contribution in [2.75, 3.05) is 37.7 Å². The molecular formula is C20H33N5O. The van der Waals surface area contributed by atoms with Gasteiger partial charge < -0.3 is 20.3 Å². The highest BCUT2D eigenvalue weighted by Crippen LogP contribution is 2.17.